The maximum Gasteiger partial charge on any atom is 0.252 e. The fraction of sp³-hybridized carbons (Fsp3) is 0. The van der Waals surface area contributed by atoms with Gasteiger partial charge in [-0.25, -0.2) is 14.6 Å². The molecule has 7 heteroatoms. The Bertz CT molecular complexity index is 495. The van der Waals surface area contributed by atoms with Crippen LogP contribution in [0.5, 0.6) is 0 Å². The summed E-state index contributed by atoms with van der Waals surface area (Å²) in [6.07, 6.45) is 2.89. The first-order chi connectivity index (χ1) is 6.79. The molecule has 2 heterocycles. The fourth-order valence-corrected chi connectivity index (χ4v) is 0.916. The molecule has 0 aliphatic rings. The van der Waals surface area contributed by atoms with Crippen molar-refractivity contribution < 1.29 is 0 Å². The van der Waals surface area contributed by atoms with Crippen molar-refractivity contribution in [1.29, 1.82) is 5.26 Å². The SMILES string of the molecule is N#Cc1ncn(-c2ccnc(N)n2)n1. The molecular formula is C7H5N7. The summed E-state index contributed by atoms with van der Waals surface area (Å²) in [4.78, 5) is 11.4. The van der Waals surface area contributed by atoms with Gasteiger partial charge in [0.25, 0.3) is 5.82 Å². The van der Waals surface area contributed by atoms with Crippen LogP contribution in [0.3, 0.4) is 0 Å². The third-order valence-electron chi connectivity index (χ3n) is 1.49. The van der Waals surface area contributed by atoms with Crippen LogP contribution >= 0.6 is 0 Å². The number of nitrogens with two attached hydrogens (primary N) is 1. The lowest BCUT2D eigenvalue weighted by Crippen LogP contribution is -2.02. The van der Waals surface area contributed by atoms with Gasteiger partial charge in [0.1, 0.15) is 12.4 Å². The molecule has 2 aromatic rings. The molecule has 7 nitrogen and oxygen atoms in total. The zero-order valence-corrected chi connectivity index (χ0v) is 6.99. The predicted octanol–water partition coefficient (Wildman–Crippen LogP) is -0.489. The van der Waals surface area contributed by atoms with E-state index in [2.05, 4.69) is 20.1 Å². The molecule has 0 aliphatic heterocycles. The Morgan fingerprint density at radius 2 is 2.29 bits per heavy atom. The summed E-state index contributed by atoms with van der Waals surface area (Å²) in [6.45, 7) is 0. The van der Waals surface area contributed by atoms with Gasteiger partial charge in [0.2, 0.25) is 5.95 Å². The first kappa shape index (κ1) is 8.12. The molecule has 0 saturated carbocycles. The minimum atomic E-state index is 0.0854. The third-order valence-corrected chi connectivity index (χ3v) is 1.49. The number of nitriles is 1. The normalized spacial score (nSPS) is 9.64. The van der Waals surface area contributed by atoms with E-state index in [4.69, 9.17) is 11.0 Å². The van der Waals surface area contributed by atoms with Crippen LogP contribution < -0.4 is 5.73 Å². The van der Waals surface area contributed by atoms with Gasteiger partial charge in [-0.1, -0.05) is 0 Å². The van der Waals surface area contributed by atoms with Crippen LogP contribution in [-0.2, 0) is 0 Å². The van der Waals surface area contributed by atoms with E-state index in [1.807, 2.05) is 6.07 Å². The van der Waals surface area contributed by atoms with Gasteiger partial charge in [0.15, 0.2) is 5.82 Å². The lowest BCUT2D eigenvalue weighted by Gasteiger charge is -1.97. The van der Waals surface area contributed by atoms with Gasteiger partial charge < -0.3 is 5.73 Å². The molecule has 0 aliphatic carbocycles. The van der Waals surface area contributed by atoms with E-state index in [0.29, 0.717) is 5.82 Å². The molecule has 2 N–H and O–H groups in total. The molecule has 0 atom stereocenters. The molecule has 0 unspecified atom stereocenters. The van der Waals surface area contributed by atoms with Crippen LogP contribution in [0.4, 0.5) is 5.95 Å². The molecule has 0 bridgehead atoms. The van der Waals surface area contributed by atoms with Gasteiger partial charge >= 0.3 is 0 Å². The molecule has 0 spiro atoms. The molecule has 0 amide bonds. The van der Waals surface area contributed by atoms with Crippen molar-refractivity contribution in [2.24, 2.45) is 0 Å². The van der Waals surface area contributed by atoms with Gasteiger partial charge in [-0.15, -0.1) is 5.10 Å². The number of nitrogens with zero attached hydrogens (tertiary/aromatic N) is 6. The lowest BCUT2D eigenvalue weighted by atomic mass is 10.6. The Hall–Kier alpha value is -2.49. The topological polar surface area (TPSA) is 106 Å². The van der Waals surface area contributed by atoms with Crippen LogP contribution in [0.25, 0.3) is 5.82 Å². The second kappa shape index (κ2) is 3.10. The molecule has 68 valence electrons. The summed E-state index contributed by atoms with van der Waals surface area (Å²) in [6, 6.07) is 3.43. The van der Waals surface area contributed by atoms with Gasteiger partial charge in [-0.2, -0.15) is 10.2 Å². The first-order valence-corrected chi connectivity index (χ1v) is 3.70. The minimum Gasteiger partial charge on any atom is -0.368 e. The number of hydrogen-bond donors (Lipinski definition) is 1. The average molecular weight is 187 g/mol. The zero-order valence-electron chi connectivity index (χ0n) is 6.99. The molecule has 14 heavy (non-hydrogen) atoms. The Morgan fingerprint density at radius 3 is 2.93 bits per heavy atom. The maximum absolute atomic E-state index is 8.51. The maximum atomic E-state index is 8.51. The van der Waals surface area contributed by atoms with Crippen molar-refractivity contribution >= 4 is 5.95 Å². The molecule has 0 radical (unpaired) electrons. The highest BCUT2D eigenvalue weighted by Gasteiger charge is 2.02. The molecule has 0 aromatic carbocycles. The summed E-state index contributed by atoms with van der Waals surface area (Å²) in [5.41, 5.74) is 5.39. The quantitative estimate of drug-likeness (QED) is 0.645. The van der Waals surface area contributed by atoms with Gasteiger partial charge in [0, 0.05) is 12.3 Å². The second-order valence-corrected chi connectivity index (χ2v) is 2.40. The predicted molar refractivity (Wildman–Crippen MR) is 46.1 cm³/mol. The largest absolute Gasteiger partial charge is 0.368 e. The summed E-state index contributed by atoms with van der Waals surface area (Å²) in [5, 5.41) is 12.3. The number of aromatic nitrogens is 5. The van der Waals surface area contributed by atoms with Crippen molar-refractivity contribution in [3.63, 3.8) is 0 Å². The van der Waals surface area contributed by atoms with Gasteiger partial charge in [-0.3, -0.25) is 0 Å². The van der Waals surface area contributed by atoms with Gasteiger partial charge in [0.05, 0.1) is 0 Å². The number of anilines is 1. The van der Waals surface area contributed by atoms with Crippen molar-refractivity contribution in [3.8, 4) is 11.9 Å². The van der Waals surface area contributed by atoms with Crippen LogP contribution in [0.1, 0.15) is 5.82 Å². The molecular weight excluding hydrogens is 182 g/mol. The molecule has 2 rings (SSSR count). The van der Waals surface area contributed by atoms with E-state index < -0.39 is 0 Å². The van der Waals surface area contributed by atoms with E-state index in [1.165, 1.54) is 17.2 Å². The Labute approximate surface area is 78.9 Å². The number of nitrogen functional groups attached to an aromatic ring is 1. The first-order valence-electron chi connectivity index (χ1n) is 3.70. The number of rotatable bonds is 1. The Kier molecular flexibility index (Phi) is 1.80. The smallest absolute Gasteiger partial charge is 0.252 e. The highest BCUT2D eigenvalue weighted by Crippen LogP contribution is 2.02. The van der Waals surface area contributed by atoms with Crippen LogP contribution in [0, 0.1) is 11.3 Å². The molecule has 0 saturated heterocycles. The highest BCUT2D eigenvalue weighted by atomic mass is 15.4. The van der Waals surface area contributed by atoms with E-state index in [-0.39, 0.29) is 11.8 Å². The fourth-order valence-electron chi connectivity index (χ4n) is 0.916. The van der Waals surface area contributed by atoms with E-state index >= 15 is 0 Å². The van der Waals surface area contributed by atoms with Crippen molar-refractivity contribution in [3.05, 3.63) is 24.4 Å². The summed E-state index contributed by atoms with van der Waals surface area (Å²) >= 11 is 0. The highest BCUT2D eigenvalue weighted by molar-refractivity contribution is 5.26. The standard InChI is InChI=1S/C7H5N7/c8-3-5-11-4-14(13-5)6-1-2-10-7(9)12-6/h1-2,4H,(H2,9,10,12). The third kappa shape index (κ3) is 1.36. The van der Waals surface area contributed by atoms with Crippen molar-refractivity contribution in [1.82, 2.24) is 24.7 Å². The lowest BCUT2D eigenvalue weighted by molar-refractivity contribution is 0.836. The summed E-state index contributed by atoms with van der Waals surface area (Å²) in [7, 11) is 0. The minimum absolute atomic E-state index is 0.0854. The Morgan fingerprint density at radius 1 is 1.43 bits per heavy atom. The van der Waals surface area contributed by atoms with Crippen molar-refractivity contribution in [2.75, 3.05) is 5.73 Å². The monoisotopic (exact) mass is 187 g/mol. The zero-order chi connectivity index (χ0) is 9.97. The summed E-state index contributed by atoms with van der Waals surface area (Å²) in [5.74, 6) is 0.713. The van der Waals surface area contributed by atoms with Crippen molar-refractivity contribution in [2.45, 2.75) is 0 Å². The second-order valence-electron chi connectivity index (χ2n) is 2.40. The van der Waals surface area contributed by atoms with Gasteiger partial charge in [-0.05, 0) is 0 Å². The van der Waals surface area contributed by atoms with E-state index in [9.17, 15) is 0 Å². The average Bonchev–Trinajstić information content (AvgIpc) is 2.66. The molecule has 0 fully saturated rings. The Balaban J connectivity index is 2.45. The van der Waals surface area contributed by atoms with E-state index in [0.717, 1.165) is 0 Å². The van der Waals surface area contributed by atoms with Crippen LogP contribution in [0.2, 0.25) is 0 Å². The molecule has 2 aromatic heterocycles. The van der Waals surface area contributed by atoms with Crippen LogP contribution in [-0.4, -0.2) is 24.7 Å². The summed E-state index contributed by atoms with van der Waals surface area (Å²) < 4.78 is 1.36. The number of hydrogen-bond acceptors (Lipinski definition) is 6. The van der Waals surface area contributed by atoms with E-state index in [1.54, 1.807) is 6.07 Å². The van der Waals surface area contributed by atoms with Crippen LogP contribution in [0.15, 0.2) is 18.6 Å².